The molecule has 8 heterocycles. The van der Waals surface area contributed by atoms with Gasteiger partial charge in [0, 0.05) is 17.7 Å². The number of benzene rings is 3. The van der Waals surface area contributed by atoms with Gasteiger partial charge < -0.3 is 0 Å². The number of aromatic nitrogens is 3. The second-order valence-electron chi connectivity index (χ2n) is 13.0. The van der Waals surface area contributed by atoms with E-state index in [4.69, 9.17) is 0 Å². The average Bonchev–Trinajstić information content (AvgIpc) is 3.90. The van der Waals surface area contributed by atoms with E-state index in [1.165, 1.54) is 77.6 Å². The van der Waals surface area contributed by atoms with Crippen molar-refractivity contribution in [1.29, 1.82) is 0 Å². The number of likely N-dealkylation sites (N-methyl/N-ethyl adjacent to an activating group) is 1. The molecular weight excluding hydrogens is 562 g/mol. The van der Waals surface area contributed by atoms with Gasteiger partial charge in [-0.2, -0.15) is 4.58 Å². The third kappa shape index (κ3) is 2.64. The molecule has 11 rings (SSSR count). The zero-order valence-electron chi connectivity index (χ0n) is 25.6. The van der Waals surface area contributed by atoms with E-state index in [-0.39, 0.29) is 6.17 Å². The number of allylic oxidation sites excluding steroid dienone is 2. The molecule has 0 radical (unpaired) electrons. The fraction of sp³-hybridized carbons (Fsp3) is 0.0976. The first-order chi connectivity index (χ1) is 22.7. The van der Waals surface area contributed by atoms with Gasteiger partial charge in [-0.1, -0.05) is 91.0 Å². The van der Waals surface area contributed by atoms with Crippen molar-refractivity contribution in [2.75, 3.05) is 14.1 Å². The van der Waals surface area contributed by atoms with Crippen molar-refractivity contribution in [3.8, 4) is 0 Å². The van der Waals surface area contributed by atoms with Crippen molar-refractivity contribution in [1.82, 2.24) is 18.6 Å². The summed E-state index contributed by atoms with van der Waals surface area (Å²) < 4.78 is 10.6. The van der Waals surface area contributed by atoms with Crippen LogP contribution in [0.1, 0.15) is 34.2 Å². The molecule has 0 N–H and O–H groups in total. The Labute approximate surface area is 265 Å². The lowest BCUT2D eigenvalue weighted by molar-refractivity contribution is -0.567. The second-order valence-corrected chi connectivity index (χ2v) is 13.0. The van der Waals surface area contributed by atoms with Gasteiger partial charge in [0.1, 0.15) is 0 Å². The fourth-order valence-corrected chi connectivity index (χ4v) is 9.13. The summed E-state index contributed by atoms with van der Waals surface area (Å²) in [5.74, 6) is -0.608. The number of rotatable bonds is 4. The number of nitrogens with zero attached hydrogens (tertiary/aromatic N) is 5. The van der Waals surface area contributed by atoms with E-state index in [2.05, 4.69) is 177 Å². The summed E-state index contributed by atoms with van der Waals surface area (Å²) in [4.78, 5) is 2.46. The van der Waals surface area contributed by atoms with Crippen LogP contribution >= 0.6 is 0 Å². The summed E-state index contributed by atoms with van der Waals surface area (Å²) in [6.45, 7) is 0. The van der Waals surface area contributed by atoms with E-state index in [1.54, 1.807) is 0 Å². The van der Waals surface area contributed by atoms with Crippen LogP contribution in [-0.4, -0.2) is 43.0 Å². The van der Waals surface area contributed by atoms with Crippen LogP contribution in [0.15, 0.2) is 145 Å². The first kappa shape index (κ1) is 24.6. The molecule has 2 unspecified atom stereocenters. The summed E-state index contributed by atoms with van der Waals surface area (Å²) in [6, 6.07) is 46.9. The minimum atomic E-state index is -0.608. The smallest absolute Gasteiger partial charge is 0.296 e. The maximum Gasteiger partial charge on any atom is 0.297 e. The molecule has 0 amide bonds. The zero-order valence-corrected chi connectivity index (χ0v) is 25.6. The van der Waals surface area contributed by atoms with Gasteiger partial charge in [0.05, 0.1) is 43.9 Å². The molecule has 0 bridgehead atoms. The van der Waals surface area contributed by atoms with Gasteiger partial charge >= 0.3 is 0 Å². The highest BCUT2D eigenvalue weighted by atomic mass is 15.6. The van der Waals surface area contributed by atoms with E-state index in [9.17, 15) is 0 Å². The molecule has 5 nitrogen and oxygen atoms in total. The van der Waals surface area contributed by atoms with E-state index in [0.29, 0.717) is 0 Å². The van der Waals surface area contributed by atoms with Gasteiger partial charge in [0.15, 0.2) is 0 Å². The van der Waals surface area contributed by atoms with Crippen LogP contribution in [0.3, 0.4) is 0 Å². The predicted octanol–water partition coefficient (Wildman–Crippen LogP) is 5.18. The Balaban J connectivity index is 1.45. The molecule has 5 aliphatic heterocycles. The first-order valence-electron chi connectivity index (χ1n) is 16.0. The first-order valence-corrected chi connectivity index (χ1v) is 16.0. The maximum atomic E-state index is 2.66. The van der Waals surface area contributed by atoms with Crippen molar-refractivity contribution in [2.24, 2.45) is 0 Å². The van der Waals surface area contributed by atoms with E-state index >= 15 is 0 Å². The van der Waals surface area contributed by atoms with E-state index < -0.39 is 5.79 Å². The molecule has 0 fully saturated rings. The maximum absolute atomic E-state index is 2.66. The normalized spacial score (nSPS) is 21.0. The Morgan fingerprint density at radius 1 is 0.522 bits per heavy atom. The molecule has 46 heavy (non-hydrogen) atoms. The van der Waals surface area contributed by atoms with Crippen LogP contribution in [0.2, 0.25) is 0 Å². The van der Waals surface area contributed by atoms with Gasteiger partial charge in [-0.05, 0) is 67.2 Å². The summed E-state index contributed by atoms with van der Waals surface area (Å²) >= 11 is 0. The summed E-state index contributed by atoms with van der Waals surface area (Å²) in [5, 5.41) is 4.99. The highest BCUT2D eigenvalue weighted by Gasteiger charge is 2.63. The SMILES string of the molecule is CN(C)C12C3n4c5ccc4=c4ccc(n41)=C(c1ccccc1)c1ccc(n12)C(c1ccccc1)=C1C=CC(=[N+]13)C=5c1ccccc1. The Kier molecular flexibility index (Phi) is 4.46. The average molecular weight is 593 g/mol. The fourth-order valence-electron chi connectivity index (χ4n) is 9.13. The van der Waals surface area contributed by atoms with Crippen molar-refractivity contribution in [3.63, 3.8) is 0 Å². The Bertz CT molecular complexity index is 2640. The molecule has 0 aliphatic carbocycles. The minimum absolute atomic E-state index is 0.0861. The lowest BCUT2D eigenvalue weighted by Crippen LogP contribution is -2.67. The van der Waals surface area contributed by atoms with E-state index in [0.717, 1.165) is 0 Å². The standard InChI is InChI=1S/C41H30N5/c1-42(2)41-40-43-29-18-20-31(43)37(26-12-6-3-7-13-26)32-21-22-33(44(32)40)38(27-14-8-4-9-15-27)34-24-25-36(46(34)41)39(28-16-10-5-11-17-28)35-23-19-30(29)45(35)41/h3-25,40H,1-2H3/q+1. The molecule has 5 heteroatoms. The van der Waals surface area contributed by atoms with Gasteiger partial charge in [-0.15, -0.1) is 0 Å². The zero-order chi connectivity index (χ0) is 30.3. The third-order valence-corrected chi connectivity index (χ3v) is 10.7. The molecule has 5 aliphatic rings. The van der Waals surface area contributed by atoms with E-state index in [1.807, 2.05) is 0 Å². The largest absolute Gasteiger partial charge is 0.297 e. The van der Waals surface area contributed by atoms with Gasteiger partial charge in [-0.25, -0.2) is 0 Å². The van der Waals surface area contributed by atoms with Crippen LogP contribution in [0.5, 0.6) is 0 Å². The molecular formula is C41H30N5+. The predicted molar refractivity (Wildman–Crippen MR) is 180 cm³/mol. The van der Waals surface area contributed by atoms with Crippen LogP contribution < -0.4 is 10.7 Å². The monoisotopic (exact) mass is 592 g/mol. The Morgan fingerprint density at radius 3 is 1.72 bits per heavy atom. The molecule has 0 spiro atoms. The molecule has 0 saturated heterocycles. The molecule has 6 aromatic rings. The van der Waals surface area contributed by atoms with Crippen LogP contribution in [0.25, 0.3) is 16.7 Å². The summed E-state index contributed by atoms with van der Waals surface area (Å²) in [5.41, 5.74) is 12.4. The van der Waals surface area contributed by atoms with Crippen molar-refractivity contribution >= 4 is 22.4 Å². The van der Waals surface area contributed by atoms with Crippen molar-refractivity contribution in [2.45, 2.75) is 12.0 Å². The second kappa shape index (κ2) is 8.33. The van der Waals surface area contributed by atoms with Crippen LogP contribution in [0, 0.1) is 10.7 Å². The van der Waals surface area contributed by atoms with Gasteiger partial charge in [-0.3, -0.25) is 18.6 Å². The number of hydrogen-bond donors (Lipinski definition) is 0. The highest BCUT2D eigenvalue weighted by molar-refractivity contribution is 6.27. The molecule has 0 saturated carbocycles. The minimum Gasteiger partial charge on any atom is -0.296 e. The Morgan fingerprint density at radius 2 is 1.07 bits per heavy atom. The number of hydrogen-bond acceptors (Lipinski definition) is 1. The van der Waals surface area contributed by atoms with Gasteiger partial charge in [0.2, 0.25) is 11.4 Å². The topological polar surface area (TPSA) is 21.0 Å². The van der Waals surface area contributed by atoms with Gasteiger partial charge in [0.25, 0.3) is 12.0 Å². The molecule has 3 aromatic heterocycles. The third-order valence-electron chi connectivity index (χ3n) is 10.7. The lowest BCUT2D eigenvalue weighted by Gasteiger charge is -2.50. The highest BCUT2D eigenvalue weighted by Crippen LogP contribution is 2.51. The van der Waals surface area contributed by atoms with Crippen molar-refractivity contribution in [3.05, 3.63) is 195 Å². The van der Waals surface area contributed by atoms with Crippen molar-refractivity contribution < 1.29 is 4.58 Å². The van der Waals surface area contributed by atoms with Crippen LogP contribution in [0.4, 0.5) is 0 Å². The van der Waals surface area contributed by atoms with Crippen LogP contribution in [-0.2, 0) is 5.79 Å². The Hall–Kier alpha value is -5.65. The molecule has 3 aromatic carbocycles. The lowest BCUT2D eigenvalue weighted by atomic mass is 9.96. The quantitative estimate of drug-likeness (QED) is 0.259. The summed E-state index contributed by atoms with van der Waals surface area (Å²) in [6.07, 6.45) is 4.63. The molecule has 2 atom stereocenters. The summed E-state index contributed by atoms with van der Waals surface area (Å²) in [7, 11) is 4.52. The molecule has 218 valence electrons.